The highest BCUT2D eigenvalue weighted by atomic mass is 16.5. The summed E-state index contributed by atoms with van der Waals surface area (Å²) >= 11 is 0. The van der Waals surface area contributed by atoms with E-state index in [4.69, 9.17) is 14.8 Å². The molecule has 0 fully saturated rings. The van der Waals surface area contributed by atoms with E-state index in [-0.39, 0.29) is 0 Å². The van der Waals surface area contributed by atoms with Crippen molar-refractivity contribution in [1.29, 1.82) is 5.26 Å². The van der Waals surface area contributed by atoms with Crippen molar-refractivity contribution in [2.24, 2.45) is 7.05 Å². The first-order chi connectivity index (χ1) is 12.1. The summed E-state index contributed by atoms with van der Waals surface area (Å²) in [6, 6.07) is 9.68. The Hall–Kier alpha value is -3.46. The molecule has 6 nitrogen and oxygen atoms in total. The summed E-state index contributed by atoms with van der Waals surface area (Å²) in [5.41, 5.74) is 6.01. The largest absolute Gasteiger partial charge is 0.361 e. The predicted molar refractivity (Wildman–Crippen MR) is 93.6 cm³/mol. The summed E-state index contributed by atoms with van der Waals surface area (Å²) in [5, 5.41) is 13.1. The van der Waals surface area contributed by atoms with Gasteiger partial charge in [0.2, 0.25) is 0 Å². The van der Waals surface area contributed by atoms with E-state index in [9.17, 15) is 0 Å². The van der Waals surface area contributed by atoms with Crippen LogP contribution in [0.15, 0.2) is 41.2 Å². The number of nitriles is 1. The fourth-order valence-electron chi connectivity index (χ4n) is 3.11. The van der Waals surface area contributed by atoms with Gasteiger partial charge in [-0.05, 0) is 38.1 Å². The molecule has 0 saturated heterocycles. The van der Waals surface area contributed by atoms with Gasteiger partial charge in [0.05, 0.1) is 28.4 Å². The van der Waals surface area contributed by atoms with Crippen molar-refractivity contribution >= 4 is 11.0 Å². The van der Waals surface area contributed by atoms with Crippen LogP contribution >= 0.6 is 0 Å². The van der Waals surface area contributed by atoms with Gasteiger partial charge in [-0.25, -0.2) is 4.98 Å². The SMILES string of the molecule is Cc1noc(C)c1-c1cncc(-c2nc3ccc(C#N)cc3n2C)c1. The molecule has 0 N–H and O–H groups in total. The lowest BCUT2D eigenvalue weighted by Gasteiger charge is -2.05. The highest BCUT2D eigenvalue weighted by Gasteiger charge is 2.15. The lowest BCUT2D eigenvalue weighted by atomic mass is 10.0. The Kier molecular flexibility index (Phi) is 3.36. The quantitative estimate of drug-likeness (QED) is 0.559. The molecular formula is C19H15N5O. The van der Waals surface area contributed by atoms with Crippen molar-refractivity contribution in [2.45, 2.75) is 13.8 Å². The van der Waals surface area contributed by atoms with Crippen molar-refractivity contribution in [3.8, 4) is 28.6 Å². The van der Waals surface area contributed by atoms with Crippen LogP contribution in [0.2, 0.25) is 0 Å². The average molecular weight is 329 g/mol. The van der Waals surface area contributed by atoms with Crippen LogP contribution in [-0.4, -0.2) is 19.7 Å². The van der Waals surface area contributed by atoms with Gasteiger partial charge in [-0.15, -0.1) is 0 Å². The maximum absolute atomic E-state index is 9.10. The second-order valence-electron chi connectivity index (χ2n) is 5.97. The number of hydrogen-bond acceptors (Lipinski definition) is 5. The van der Waals surface area contributed by atoms with Crippen LogP contribution in [0.4, 0.5) is 0 Å². The first-order valence-electron chi connectivity index (χ1n) is 7.83. The van der Waals surface area contributed by atoms with Crippen LogP contribution in [0.25, 0.3) is 33.5 Å². The molecule has 0 atom stereocenters. The first kappa shape index (κ1) is 15.1. The van der Waals surface area contributed by atoms with Crippen LogP contribution in [-0.2, 0) is 7.05 Å². The average Bonchev–Trinajstić information content (AvgIpc) is 3.14. The van der Waals surface area contributed by atoms with E-state index in [0.717, 1.165) is 45.0 Å². The van der Waals surface area contributed by atoms with E-state index < -0.39 is 0 Å². The van der Waals surface area contributed by atoms with Gasteiger partial charge in [0, 0.05) is 36.1 Å². The maximum atomic E-state index is 9.10. The topological polar surface area (TPSA) is 80.5 Å². The van der Waals surface area contributed by atoms with Crippen molar-refractivity contribution in [2.75, 3.05) is 0 Å². The van der Waals surface area contributed by atoms with E-state index in [0.29, 0.717) is 5.56 Å². The Balaban J connectivity index is 1.89. The molecule has 0 saturated carbocycles. The van der Waals surface area contributed by atoms with Crippen LogP contribution < -0.4 is 0 Å². The monoisotopic (exact) mass is 329 g/mol. The number of aromatic nitrogens is 4. The molecule has 3 aromatic heterocycles. The number of pyridine rings is 1. The first-order valence-corrected chi connectivity index (χ1v) is 7.83. The lowest BCUT2D eigenvalue weighted by Crippen LogP contribution is -1.94. The summed E-state index contributed by atoms with van der Waals surface area (Å²) in [7, 11) is 1.94. The van der Waals surface area contributed by atoms with Crippen molar-refractivity contribution in [1.82, 2.24) is 19.7 Å². The zero-order valence-electron chi connectivity index (χ0n) is 14.1. The minimum atomic E-state index is 0.615. The van der Waals surface area contributed by atoms with Gasteiger partial charge >= 0.3 is 0 Å². The normalized spacial score (nSPS) is 11.0. The van der Waals surface area contributed by atoms with Crippen molar-refractivity contribution in [3.05, 3.63) is 53.7 Å². The third-order valence-corrected chi connectivity index (χ3v) is 4.33. The van der Waals surface area contributed by atoms with Gasteiger partial charge in [0.1, 0.15) is 11.6 Å². The Bertz CT molecular complexity index is 1130. The van der Waals surface area contributed by atoms with E-state index in [1.807, 2.05) is 43.7 Å². The van der Waals surface area contributed by atoms with E-state index in [1.165, 1.54) is 0 Å². The second kappa shape index (κ2) is 5.56. The number of imidazole rings is 1. The molecular weight excluding hydrogens is 314 g/mol. The molecule has 122 valence electrons. The van der Waals surface area contributed by atoms with Gasteiger partial charge in [-0.1, -0.05) is 5.16 Å². The number of rotatable bonds is 2. The Morgan fingerprint density at radius 1 is 1.12 bits per heavy atom. The second-order valence-corrected chi connectivity index (χ2v) is 5.97. The van der Waals surface area contributed by atoms with E-state index >= 15 is 0 Å². The molecule has 1 aromatic carbocycles. The van der Waals surface area contributed by atoms with Gasteiger partial charge in [0.15, 0.2) is 0 Å². The summed E-state index contributed by atoms with van der Waals surface area (Å²) in [5.74, 6) is 1.56. The highest BCUT2D eigenvalue weighted by Crippen LogP contribution is 2.30. The van der Waals surface area contributed by atoms with Crippen LogP contribution in [0, 0.1) is 25.2 Å². The van der Waals surface area contributed by atoms with Crippen molar-refractivity contribution < 1.29 is 4.52 Å². The van der Waals surface area contributed by atoms with E-state index in [1.54, 1.807) is 18.5 Å². The molecule has 3 heterocycles. The minimum Gasteiger partial charge on any atom is -0.361 e. The molecule has 0 aliphatic carbocycles. The molecule has 0 radical (unpaired) electrons. The fraction of sp³-hybridized carbons (Fsp3) is 0.158. The zero-order valence-corrected chi connectivity index (χ0v) is 14.1. The molecule has 25 heavy (non-hydrogen) atoms. The summed E-state index contributed by atoms with van der Waals surface area (Å²) in [6.07, 6.45) is 3.58. The van der Waals surface area contributed by atoms with Crippen LogP contribution in [0.3, 0.4) is 0 Å². The minimum absolute atomic E-state index is 0.615. The number of hydrogen-bond donors (Lipinski definition) is 0. The number of fused-ring (bicyclic) bond motifs is 1. The lowest BCUT2D eigenvalue weighted by molar-refractivity contribution is 0.393. The third kappa shape index (κ3) is 2.37. The number of benzene rings is 1. The molecule has 0 bridgehead atoms. The Morgan fingerprint density at radius 3 is 2.64 bits per heavy atom. The number of nitrogens with zero attached hydrogens (tertiary/aromatic N) is 5. The molecule has 4 rings (SSSR count). The zero-order chi connectivity index (χ0) is 17.6. The predicted octanol–water partition coefficient (Wildman–Crippen LogP) is 3.78. The fourth-order valence-corrected chi connectivity index (χ4v) is 3.11. The van der Waals surface area contributed by atoms with Crippen LogP contribution in [0.5, 0.6) is 0 Å². The molecule has 0 spiro atoms. The van der Waals surface area contributed by atoms with Crippen molar-refractivity contribution in [3.63, 3.8) is 0 Å². The smallest absolute Gasteiger partial charge is 0.142 e. The molecule has 0 amide bonds. The maximum Gasteiger partial charge on any atom is 0.142 e. The van der Waals surface area contributed by atoms with Gasteiger partial charge in [-0.3, -0.25) is 4.98 Å². The Labute approximate surface area is 144 Å². The van der Waals surface area contributed by atoms with Gasteiger partial charge in [0.25, 0.3) is 0 Å². The van der Waals surface area contributed by atoms with Crippen LogP contribution in [0.1, 0.15) is 17.0 Å². The molecule has 0 aliphatic heterocycles. The standard InChI is InChI=1S/C19H15N5O/c1-11-18(12(2)25-23-11)14-7-15(10-21-9-14)19-22-16-5-4-13(8-20)6-17(16)24(19)3/h4-7,9-10H,1-3H3. The van der Waals surface area contributed by atoms with Gasteiger partial charge in [-0.2, -0.15) is 5.26 Å². The third-order valence-electron chi connectivity index (χ3n) is 4.33. The molecule has 4 aromatic rings. The van der Waals surface area contributed by atoms with Gasteiger partial charge < -0.3 is 9.09 Å². The van der Waals surface area contributed by atoms with E-state index in [2.05, 4.69) is 16.2 Å². The summed E-state index contributed by atoms with van der Waals surface area (Å²) in [6.45, 7) is 3.80. The highest BCUT2D eigenvalue weighted by molar-refractivity contribution is 5.82. The summed E-state index contributed by atoms with van der Waals surface area (Å²) < 4.78 is 7.24. The summed E-state index contributed by atoms with van der Waals surface area (Å²) in [4.78, 5) is 9.07. The molecule has 0 aliphatic rings. The molecule has 0 unspecified atom stereocenters. The number of aryl methyl sites for hydroxylation is 3. The Morgan fingerprint density at radius 2 is 1.92 bits per heavy atom. The molecule has 6 heteroatoms.